The molecule has 86 valence electrons. The van der Waals surface area contributed by atoms with E-state index in [4.69, 9.17) is 0 Å². The highest BCUT2D eigenvalue weighted by Crippen LogP contribution is 2.21. The van der Waals surface area contributed by atoms with E-state index in [-0.39, 0.29) is 24.0 Å². The van der Waals surface area contributed by atoms with Crippen LogP contribution in [0.2, 0.25) is 0 Å². The Balaban J connectivity index is 0.00000128. The molecule has 3 heteroatoms. The molecular formula is C13H16INO. The molecule has 0 bridgehead atoms. The van der Waals surface area contributed by atoms with E-state index in [0.717, 1.165) is 36.8 Å². The van der Waals surface area contributed by atoms with Crippen LogP contribution in [0.4, 0.5) is 0 Å². The molecule has 0 atom stereocenters. The van der Waals surface area contributed by atoms with Gasteiger partial charge < -0.3 is 24.0 Å². The average molecular weight is 329 g/mol. The van der Waals surface area contributed by atoms with Crippen LogP contribution in [0.25, 0.3) is 6.08 Å². The Kier molecular flexibility index (Phi) is 5.12. The van der Waals surface area contributed by atoms with Crippen LogP contribution >= 0.6 is 0 Å². The maximum Gasteiger partial charge on any atom is 0.175 e. The first kappa shape index (κ1) is 13.4. The summed E-state index contributed by atoms with van der Waals surface area (Å²) in [5.41, 5.74) is 2.11. The summed E-state index contributed by atoms with van der Waals surface area (Å²) in [5, 5.41) is 0. The molecule has 1 aliphatic rings. The lowest BCUT2D eigenvalue weighted by atomic mass is 9.92. The maximum atomic E-state index is 11.6. The Labute approximate surface area is 113 Å². The molecule has 0 N–H and O–H groups in total. The highest BCUT2D eigenvalue weighted by molar-refractivity contribution is 5.99. The van der Waals surface area contributed by atoms with E-state index in [1.165, 1.54) is 0 Å². The van der Waals surface area contributed by atoms with Crippen LogP contribution in [0.3, 0.4) is 0 Å². The zero-order valence-electron chi connectivity index (χ0n) is 9.45. The van der Waals surface area contributed by atoms with Crippen LogP contribution in [-0.2, 0) is 11.8 Å². The largest absolute Gasteiger partial charge is 1.00 e. The van der Waals surface area contributed by atoms with Gasteiger partial charge in [0.05, 0.1) is 0 Å². The third-order valence-electron chi connectivity index (χ3n) is 2.76. The second-order valence-electron chi connectivity index (χ2n) is 4.10. The second kappa shape index (κ2) is 6.13. The standard InChI is InChI=1S/C13H16NO.HI/c1-14-8-4-5-11(10-14)9-12-6-2-3-7-13(12)15;/h4-5,8-10H,2-3,6-7H2,1H3;1H/q+1;/p-1/b12-9-;. The fourth-order valence-electron chi connectivity index (χ4n) is 1.95. The van der Waals surface area contributed by atoms with Crippen molar-refractivity contribution >= 4 is 11.9 Å². The monoisotopic (exact) mass is 329 g/mol. The summed E-state index contributed by atoms with van der Waals surface area (Å²) in [6, 6.07) is 4.04. The van der Waals surface area contributed by atoms with E-state index in [0.29, 0.717) is 5.78 Å². The van der Waals surface area contributed by atoms with E-state index < -0.39 is 0 Å². The van der Waals surface area contributed by atoms with Gasteiger partial charge in [-0.1, -0.05) is 0 Å². The van der Waals surface area contributed by atoms with Crippen molar-refractivity contribution < 1.29 is 33.3 Å². The molecule has 1 aliphatic carbocycles. The van der Waals surface area contributed by atoms with Gasteiger partial charge >= 0.3 is 0 Å². The normalized spacial score (nSPS) is 18.3. The third-order valence-corrected chi connectivity index (χ3v) is 2.76. The number of hydrogen-bond acceptors (Lipinski definition) is 1. The van der Waals surface area contributed by atoms with Gasteiger partial charge in [0.2, 0.25) is 0 Å². The molecule has 2 nitrogen and oxygen atoms in total. The van der Waals surface area contributed by atoms with Crippen LogP contribution in [0.5, 0.6) is 0 Å². The van der Waals surface area contributed by atoms with Crippen molar-refractivity contribution in [2.75, 3.05) is 0 Å². The number of pyridine rings is 1. The topological polar surface area (TPSA) is 20.9 Å². The maximum absolute atomic E-state index is 11.6. The lowest BCUT2D eigenvalue weighted by molar-refractivity contribution is -0.671. The van der Waals surface area contributed by atoms with Crippen LogP contribution in [0.15, 0.2) is 30.1 Å². The molecule has 0 spiro atoms. The van der Waals surface area contributed by atoms with E-state index in [1.54, 1.807) is 0 Å². The van der Waals surface area contributed by atoms with Crippen molar-refractivity contribution in [1.82, 2.24) is 0 Å². The van der Waals surface area contributed by atoms with Gasteiger partial charge in [0.25, 0.3) is 0 Å². The molecule has 1 heterocycles. The first-order chi connectivity index (χ1) is 7.25. The number of ketones is 1. The number of aryl methyl sites for hydroxylation is 1. The lowest BCUT2D eigenvalue weighted by Crippen LogP contribution is -3.00. The van der Waals surface area contributed by atoms with Gasteiger partial charge in [-0.15, -0.1) is 0 Å². The number of allylic oxidation sites excluding steroid dienone is 1. The Morgan fingerprint density at radius 3 is 2.75 bits per heavy atom. The lowest BCUT2D eigenvalue weighted by Gasteiger charge is -2.11. The molecule has 0 saturated heterocycles. The molecule has 1 fully saturated rings. The van der Waals surface area contributed by atoms with Crippen molar-refractivity contribution in [3.63, 3.8) is 0 Å². The quantitative estimate of drug-likeness (QED) is 0.369. The van der Waals surface area contributed by atoms with Crippen LogP contribution < -0.4 is 28.5 Å². The number of carbonyl (C=O) groups is 1. The van der Waals surface area contributed by atoms with Crippen LogP contribution in [0.1, 0.15) is 31.2 Å². The van der Waals surface area contributed by atoms with Crippen molar-refractivity contribution in [2.45, 2.75) is 25.7 Å². The molecule has 1 aromatic heterocycles. The second-order valence-corrected chi connectivity index (χ2v) is 4.10. The minimum absolute atomic E-state index is 0. The molecule has 16 heavy (non-hydrogen) atoms. The molecular weight excluding hydrogens is 313 g/mol. The predicted molar refractivity (Wildman–Crippen MR) is 59.1 cm³/mol. The minimum Gasteiger partial charge on any atom is -1.00 e. The fraction of sp³-hybridized carbons (Fsp3) is 0.385. The molecule has 0 aliphatic heterocycles. The SMILES string of the molecule is C[n+]1cccc(/C=C2/CCCCC2=O)c1.[I-]. The van der Waals surface area contributed by atoms with Gasteiger partial charge in [0.15, 0.2) is 18.2 Å². The van der Waals surface area contributed by atoms with Crippen LogP contribution in [0, 0.1) is 0 Å². The summed E-state index contributed by atoms with van der Waals surface area (Å²) < 4.78 is 2.00. The Bertz CT molecular complexity index is 412. The fourth-order valence-corrected chi connectivity index (χ4v) is 1.95. The molecule has 0 amide bonds. The molecule has 0 unspecified atom stereocenters. The van der Waals surface area contributed by atoms with Crippen molar-refractivity contribution in [3.05, 3.63) is 35.7 Å². The van der Waals surface area contributed by atoms with E-state index in [1.807, 2.05) is 42.2 Å². The molecule has 0 radical (unpaired) electrons. The number of nitrogens with zero attached hydrogens (tertiary/aromatic N) is 1. The van der Waals surface area contributed by atoms with Gasteiger partial charge in [-0.05, 0) is 37.0 Å². The first-order valence-electron chi connectivity index (χ1n) is 5.45. The van der Waals surface area contributed by atoms with Crippen molar-refractivity contribution in [3.8, 4) is 0 Å². The number of hydrogen-bond donors (Lipinski definition) is 0. The average Bonchev–Trinajstić information content (AvgIpc) is 2.22. The third kappa shape index (κ3) is 3.40. The summed E-state index contributed by atoms with van der Waals surface area (Å²) in [4.78, 5) is 11.6. The van der Waals surface area contributed by atoms with Crippen molar-refractivity contribution in [2.24, 2.45) is 7.05 Å². The van der Waals surface area contributed by atoms with Gasteiger partial charge in [0, 0.05) is 18.1 Å². The molecule has 2 rings (SSSR count). The van der Waals surface area contributed by atoms with Gasteiger partial charge in [-0.2, -0.15) is 0 Å². The Hall–Kier alpha value is -0.710. The van der Waals surface area contributed by atoms with Gasteiger partial charge in [-0.3, -0.25) is 4.79 Å². The number of carbonyl (C=O) groups excluding carboxylic acids is 1. The number of rotatable bonds is 1. The van der Waals surface area contributed by atoms with E-state index in [2.05, 4.69) is 0 Å². The highest BCUT2D eigenvalue weighted by Gasteiger charge is 2.14. The summed E-state index contributed by atoms with van der Waals surface area (Å²) >= 11 is 0. The molecule has 1 saturated carbocycles. The minimum atomic E-state index is 0. The summed E-state index contributed by atoms with van der Waals surface area (Å²) in [6.07, 6.45) is 9.93. The number of halogens is 1. The summed E-state index contributed by atoms with van der Waals surface area (Å²) in [5.74, 6) is 0.327. The highest BCUT2D eigenvalue weighted by atomic mass is 127. The Morgan fingerprint density at radius 2 is 2.06 bits per heavy atom. The zero-order valence-corrected chi connectivity index (χ0v) is 11.6. The van der Waals surface area contributed by atoms with E-state index >= 15 is 0 Å². The van der Waals surface area contributed by atoms with Gasteiger partial charge in [0.1, 0.15) is 7.05 Å². The van der Waals surface area contributed by atoms with Crippen molar-refractivity contribution in [1.29, 1.82) is 0 Å². The molecule has 1 aromatic rings. The Morgan fingerprint density at radius 1 is 1.31 bits per heavy atom. The smallest absolute Gasteiger partial charge is 0.175 e. The summed E-state index contributed by atoms with van der Waals surface area (Å²) in [6.45, 7) is 0. The zero-order chi connectivity index (χ0) is 10.7. The number of Topliss-reactive ketones (excluding diaryl/α,β-unsaturated/α-hetero) is 1. The first-order valence-corrected chi connectivity index (χ1v) is 5.45. The predicted octanol–water partition coefficient (Wildman–Crippen LogP) is -0.958. The van der Waals surface area contributed by atoms with E-state index in [9.17, 15) is 4.79 Å². The van der Waals surface area contributed by atoms with Gasteiger partial charge in [-0.25, -0.2) is 4.57 Å². The number of aromatic nitrogens is 1. The molecule has 0 aromatic carbocycles. The summed E-state index contributed by atoms with van der Waals surface area (Å²) in [7, 11) is 1.99. The van der Waals surface area contributed by atoms with Crippen LogP contribution in [-0.4, -0.2) is 5.78 Å².